The Kier molecular flexibility index (Phi) is 4.24. The number of hydrogen-bond donors (Lipinski definition) is 0. The van der Waals surface area contributed by atoms with E-state index >= 15 is 0 Å². The standard InChI is InChI=1S/C32H23BrN4/c1-32-20-23(36-28-15-6-7-16-29(28)37-27-14-5-3-12-25(27)34-31(36)37)17-18-30(32)35(22-10-8-9-21(33)19-22)26-13-4-2-11-24(26)32/h2-19H,20H2,1H3. The van der Waals surface area contributed by atoms with Crippen molar-refractivity contribution in [2.24, 2.45) is 0 Å². The Labute approximate surface area is 222 Å². The first-order valence-corrected chi connectivity index (χ1v) is 13.4. The van der Waals surface area contributed by atoms with Crippen LogP contribution < -0.4 is 4.90 Å². The van der Waals surface area contributed by atoms with E-state index in [9.17, 15) is 0 Å². The Morgan fingerprint density at radius 3 is 2.41 bits per heavy atom. The molecule has 0 bridgehead atoms. The SMILES string of the molecule is CC12CC(n3c4ccccc4n4c5ccccc5nc34)=CC=C1N(c1cccc(Br)c1)c1ccccc12. The summed E-state index contributed by atoms with van der Waals surface area (Å²) in [5.74, 6) is 0.962. The van der Waals surface area contributed by atoms with Gasteiger partial charge in [-0.1, -0.05) is 64.5 Å². The molecule has 4 nitrogen and oxygen atoms in total. The van der Waals surface area contributed by atoms with E-state index in [-0.39, 0.29) is 5.41 Å². The quantitative estimate of drug-likeness (QED) is 0.219. The molecule has 2 aliphatic rings. The average molecular weight is 543 g/mol. The van der Waals surface area contributed by atoms with Gasteiger partial charge < -0.3 is 4.90 Å². The normalized spacial score (nSPS) is 18.8. The van der Waals surface area contributed by atoms with Crippen molar-refractivity contribution in [3.05, 3.63) is 125 Å². The highest BCUT2D eigenvalue weighted by molar-refractivity contribution is 9.10. The van der Waals surface area contributed by atoms with Crippen molar-refractivity contribution in [2.75, 3.05) is 4.90 Å². The second-order valence-corrected chi connectivity index (χ2v) is 11.0. The van der Waals surface area contributed by atoms with E-state index < -0.39 is 0 Å². The molecule has 0 radical (unpaired) electrons. The third-order valence-electron chi connectivity index (χ3n) is 7.97. The van der Waals surface area contributed by atoms with Crippen LogP contribution in [0.5, 0.6) is 0 Å². The van der Waals surface area contributed by atoms with Crippen LogP contribution >= 0.6 is 15.9 Å². The van der Waals surface area contributed by atoms with E-state index in [4.69, 9.17) is 4.98 Å². The highest BCUT2D eigenvalue weighted by Crippen LogP contribution is 2.56. The number of nitrogens with zero attached hydrogens (tertiary/aromatic N) is 4. The molecular formula is C32H23BrN4. The molecule has 8 rings (SSSR count). The molecule has 4 aromatic carbocycles. The predicted octanol–water partition coefficient (Wildman–Crippen LogP) is 8.44. The largest absolute Gasteiger partial charge is 0.313 e. The van der Waals surface area contributed by atoms with E-state index in [0.29, 0.717) is 0 Å². The zero-order valence-corrected chi connectivity index (χ0v) is 21.9. The molecule has 178 valence electrons. The van der Waals surface area contributed by atoms with Crippen molar-refractivity contribution in [1.82, 2.24) is 14.0 Å². The van der Waals surface area contributed by atoms with Gasteiger partial charge in [-0.25, -0.2) is 4.98 Å². The van der Waals surface area contributed by atoms with Gasteiger partial charge in [-0.3, -0.25) is 8.97 Å². The van der Waals surface area contributed by atoms with Gasteiger partial charge in [0.05, 0.1) is 22.1 Å². The minimum atomic E-state index is -0.169. The third kappa shape index (κ3) is 2.80. The van der Waals surface area contributed by atoms with Crippen LogP contribution in [0, 0.1) is 0 Å². The molecule has 1 unspecified atom stereocenters. The van der Waals surface area contributed by atoms with E-state index in [1.807, 2.05) is 0 Å². The minimum absolute atomic E-state index is 0.169. The lowest BCUT2D eigenvalue weighted by atomic mass is 9.75. The van der Waals surface area contributed by atoms with Gasteiger partial charge in [-0.2, -0.15) is 0 Å². The highest BCUT2D eigenvalue weighted by atomic mass is 79.9. The lowest BCUT2D eigenvalue weighted by Crippen LogP contribution is -2.29. The van der Waals surface area contributed by atoms with Crippen LogP contribution in [0.15, 0.2) is 119 Å². The number of rotatable bonds is 2. The molecule has 6 aromatic rings. The van der Waals surface area contributed by atoms with E-state index in [1.165, 1.54) is 39.4 Å². The number of anilines is 2. The summed E-state index contributed by atoms with van der Waals surface area (Å²) in [7, 11) is 0. The summed E-state index contributed by atoms with van der Waals surface area (Å²) in [5, 5.41) is 0. The first kappa shape index (κ1) is 21.0. The van der Waals surface area contributed by atoms with Crippen molar-refractivity contribution in [3.8, 4) is 0 Å². The van der Waals surface area contributed by atoms with Gasteiger partial charge in [0, 0.05) is 39.1 Å². The summed E-state index contributed by atoms with van der Waals surface area (Å²) in [6.45, 7) is 2.38. The summed E-state index contributed by atoms with van der Waals surface area (Å²) in [5.41, 5.74) is 10.7. The number of para-hydroxylation sites is 5. The molecule has 5 heteroatoms. The fourth-order valence-electron chi connectivity index (χ4n) is 6.37. The Morgan fingerprint density at radius 2 is 1.54 bits per heavy atom. The van der Waals surface area contributed by atoms with Crippen LogP contribution in [-0.4, -0.2) is 14.0 Å². The summed E-state index contributed by atoms with van der Waals surface area (Å²) in [4.78, 5) is 7.52. The van der Waals surface area contributed by atoms with Gasteiger partial charge in [0.25, 0.3) is 0 Å². The van der Waals surface area contributed by atoms with Gasteiger partial charge in [0.15, 0.2) is 0 Å². The lowest BCUT2D eigenvalue weighted by Gasteiger charge is -2.34. The smallest absolute Gasteiger partial charge is 0.220 e. The van der Waals surface area contributed by atoms with E-state index in [2.05, 4.69) is 146 Å². The second-order valence-electron chi connectivity index (χ2n) is 10.1. The molecule has 0 saturated carbocycles. The molecule has 0 spiro atoms. The Hall–Kier alpha value is -4.09. The van der Waals surface area contributed by atoms with Gasteiger partial charge >= 0.3 is 0 Å². The number of imidazole rings is 2. The van der Waals surface area contributed by atoms with E-state index in [1.54, 1.807) is 0 Å². The van der Waals surface area contributed by atoms with Gasteiger partial charge in [-0.15, -0.1) is 0 Å². The first-order chi connectivity index (χ1) is 18.1. The maximum absolute atomic E-state index is 5.10. The fraction of sp³-hybridized carbons (Fsp3) is 0.0938. The number of hydrogen-bond acceptors (Lipinski definition) is 2. The number of benzene rings is 4. The monoisotopic (exact) mass is 542 g/mol. The Balaban J connectivity index is 1.39. The number of aromatic nitrogens is 3. The molecule has 3 heterocycles. The van der Waals surface area contributed by atoms with E-state index in [0.717, 1.165) is 27.7 Å². The topological polar surface area (TPSA) is 25.5 Å². The molecule has 0 saturated heterocycles. The number of halogens is 1. The highest BCUT2D eigenvalue weighted by Gasteiger charge is 2.46. The van der Waals surface area contributed by atoms with Crippen LogP contribution in [-0.2, 0) is 5.41 Å². The number of fused-ring (bicyclic) bond motifs is 8. The van der Waals surface area contributed by atoms with Crippen molar-refractivity contribution in [3.63, 3.8) is 0 Å². The minimum Gasteiger partial charge on any atom is -0.313 e. The van der Waals surface area contributed by atoms with Gasteiger partial charge in [0.1, 0.15) is 0 Å². The lowest BCUT2D eigenvalue weighted by molar-refractivity contribution is 0.576. The van der Waals surface area contributed by atoms with Crippen LogP contribution in [0.25, 0.3) is 33.5 Å². The molecule has 1 atom stereocenters. The third-order valence-corrected chi connectivity index (χ3v) is 8.47. The second kappa shape index (κ2) is 7.46. The molecule has 0 fully saturated rings. The van der Waals surface area contributed by atoms with Gasteiger partial charge in [-0.05, 0) is 73.2 Å². The molecule has 1 aliphatic carbocycles. The summed E-state index contributed by atoms with van der Waals surface area (Å²) >= 11 is 3.68. The maximum atomic E-state index is 5.10. The molecule has 37 heavy (non-hydrogen) atoms. The Morgan fingerprint density at radius 1 is 0.784 bits per heavy atom. The predicted molar refractivity (Wildman–Crippen MR) is 155 cm³/mol. The molecule has 0 N–H and O–H groups in total. The van der Waals surface area contributed by atoms with Crippen molar-refractivity contribution in [2.45, 2.75) is 18.8 Å². The summed E-state index contributed by atoms with van der Waals surface area (Å²) in [6, 6.07) is 34.4. The first-order valence-electron chi connectivity index (χ1n) is 12.6. The summed E-state index contributed by atoms with van der Waals surface area (Å²) in [6.07, 6.45) is 5.48. The zero-order valence-electron chi connectivity index (χ0n) is 20.3. The summed E-state index contributed by atoms with van der Waals surface area (Å²) < 4.78 is 5.73. The zero-order chi connectivity index (χ0) is 24.7. The van der Waals surface area contributed by atoms with Crippen molar-refractivity contribution in [1.29, 1.82) is 0 Å². The number of allylic oxidation sites excluding steroid dienone is 4. The van der Waals surface area contributed by atoms with Crippen LogP contribution in [0.4, 0.5) is 11.4 Å². The van der Waals surface area contributed by atoms with Crippen LogP contribution in [0.3, 0.4) is 0 Å². The molecule has 1 aliphatic heterocycles. The molecule has 2 aromatic heterocycles. The van der Waals surface area contributed by atoms with Crippen molar-refractivity contribution < 1.29 is 0 Å². The van der Waals surface area contributed by atoms with Crippen LogP contribution in [0.2, 0.25) is 0 Å². The molecular weight excluding hydrogens is 520 g/mol. The van der Waals surface area contributed by atoms with Crippen molar-refractivity contribution >= 4 is 60.8 Å². The van der Waals surface area contributed by atoms with Crippen LogP contribution in [0.1, 0.15) is 18.9 Å². The molecule has 0 amide bonds. The van der Waals surface area contributed by atoms with Gasteiger partial charge in [0.2, 0.25) is 5.78 Å². The Bertz CT molecular complexity index is 1960. The average Bonchev–Trinajstić information content (AvgIpc) is 3.53. The maximum Gasteiger partial charge on any atom is 0.220 e. The fourth-order valence-corrected chi connectivity index (χ4v) is 6.76.